The summed E-state index contributed by atoms with van der Waals surface area (Å²) in [5, 5.41) is 2.78. The molecule has 4 nitrogen and oxygen atoms in total. The van der Waals surface area contributed by atoms with Gasteiger partial charge in [-0.25, -0.2) is 0 Å². The van der Waals surface area contributed by atoms with Gasteiger partial charge in [0, 0.05) is 11.3 Å². The molecule has 1 heterocycles. The molecule has 0 saturated heterocycles. The van der Waals surface area contributed by atoms with Gasteiger partial charge in [0.2, 0.25) is 0 Å². The molecule has 2 rings (SSSR count). The molecule has 0 saturated carbocycles. The third kappa shape index (κ3) is 2.34. The minimum absolute atomic E-state index is 0.327. The van der Waals surface area contributed by atoms with Crippen LogP contribution in [-0.4, -0.2) is 13.9 Å². The number of halogens is 3. The number of rotatable bonds is 2. The fraction of sp³-hybridized carbons (Fsp3) is 0.200. The van der Waals surface area contributed by atoms with Crippen molar-refractivity contribution >= 4 is 15.8 Å². The molecule has 0 aliphatic carbocycles. The van der Waals surface area contributed by atoms with E-state index in [9.17, 15) is 21.6 Å². The van der Waals surface area contributed by atoms with Gasteiger partial charge in [0.1, 0.15) is 6.10 Å². The minimum Gasteiger partial charge on any atom is -0.362 e. The number of anilines is 1. The summed E-state index contributed by atoms with van der Waals surface area (Å²) in [5.74, 6) is 0. The van der Waals surface area contributed by atoms with E-state index in [0.717, 1.165) is 0 Å². The number of fused-ring (bicyclic) bond motifs is 1. The first-order chi connectivity index (χ1) is 8.31. The summed E-state index contributed by atoms with van der Waals surface area (Å²) in [6, 6.07) is 6.34. The lowest BCUT2D eigenvalue weighted by atomic mass is 10.1. The van der Waals surface area contributed by atoms with Crippen LogP contribution in [-0.2, 0) is 14.3 Å². The lowest BCUT2D eigenvalue weighted by molar-refractivity contribution is -0.0561. The van der Waals surface area contributed by atoms with Gasteiger partial charge in [-0.2, -0.15) is 21.6 Å². The number of para-hydroxylation sites is 1. The van der Waals surface area contributed by atoms with Crippen molar-refractivity contribution in [2.75, 3.05) is 5.32 Å². The van der Waals surface area contributed by atoms with E-state index in [-0.39, 0.29) is 0 Å². The molecule has 8 heteroatoms. The highest BCUT2D eigenvalue weighted by Crippen LogP contribution is 2.35. The van der Waals surface area contributed by atoms with Gasteiger partial charge in [-0.15, -0.1) is 0 Å². The van der Waals surface area contributed by atoms with E-state index in [4.69, 9.17) is 0 Å². The van der Waals surface area contributed by atoms with Crippen molar-refractivity contribution in [3.63, 3.8) is 0 Å². The molecule has 1 aliphatic heterocycles. The van der Waals surface area contributed by atoms with Crippen molar-refractivity contribution in [2.45, 2.75) is 11.6 Å². The Morgan fingerprint density at radius 3 is 2.56 bits per heavy atom. The van der Waals surface area contributed by atoms with Gasteiger partial charge < -0.3 is 5.32 Å². The topological polar surface area (TPSA) is 55.4 Å². The number of alkyl halides is 3. The predicted octanol–water partition coefficient (Wildman–Crippen LogP) is 2.53. The Labute approximate surface area is 101 Å². The van der Waals surface area contributed by atoms with Gasteiger partial charge in [0.15, 0.2) is 0 Å². The molecule has 1 atom stereocenters. The van der Waals surface area contributed by atoms with Crippen LogP contribution < -0.4 is 5.32 Å². The summed E-state index contributed by atoms with van der Waals surface area (Å²) in [6.45, 7) is 0. The summed E-state index contributed by atoms with van der Waals surface area (Å²) in [7, 11) is -5.62. The van der Waals surface area contributed by atoms with Gasteiger partial charge in [0.05, 0.1) is 0 Å². The second-order valence-corrected chi connectivity index (χ2v) is 5.07. The number of hydrogen-bond acceptors (Lipinski definition) is 4. The Balaban J connectivity index is 2.31. The lowest BCUT2D eigenvalue weighted by Crippen LogP contribution is -2.27. The molecule has 0 spiro atoms. The zero-order chi connectivity index (χ0) is 13.4. The molecule has 18 heavy (non-hydrogen) atoms. The van der Waals surface area contributed by atoms with E-state index in [1.165, 1.54) is 18.3 Å². The molecule has 1 unspecified atom stereocenters. The third-order valence-electron chi connectivity index (χ3n) is 2.29. The zero-order valence-electron chi connectivity index (χ0n) is 8.81. The maximum absolute atomic E-state index is 12.2. The van der Waals surface area contributed by atoms with Gasteiger partial charge in [-0.1, -0.05) is 18.2 Å². The number of benzene rings is 1. The standard InChI is InChI=1S/C10H8F3NO3S/c11-10(12,13)18(15,16)17-9-5-6-14-8-4-2-1-3-7(8)9/h1-6,9,14H. The first-order valence-electron chi connectivity index (χ1n) is 4.83. The first-order valence-corrected chi connectivity index (χ1v) is 6.24. The second-order valence-electron chi connectivity index (χ2n) is 3.51. The number of nitrogens with one attached hydrogen (secondary N) is 1. The highest BCUT2D eigenvalue weighted by Gasteiger charge is 2.48. The SMILES string of the molecule is O=S(=O)(OC1C=CNc2ccccc21)C(F)(F)F. The van der Waals surface area contributed by atoms with E-state index >= 15 is 0 Å². The molecule has 1 aromatic carbocycles. The Morgan fingerprint density at radius 2 is 1.89 bits per heavy atom. The van der Waals surface area contributed by atoms with Crippen LogP contribution in [0, 0.1) is 0 Å². The van der Waals surface area contributed by atoms with E-state index in [2.05, 4.69) is 9.50 Å². The summed E-state index contributed by atoms with van der Waals surface area (Å²) in [4.78, 5) is 0. The third-order valence-corrected chi connectivity index (χ3v) is 3.32. The Bertz CT molecular complexity index is 580. The molecule has 1 aliphatic rings. The van der Waals surface area contributed by atoms with E-state index in [1.807, 2.05) is 0 Å². The highest BCUT2D eigenvalue weighted by molar-refractivity contribution is 7.87. The molecule has 0 aromatic heterocycles. The van der Waals surface area contributed by atoms with Crippen LogP contribution in [0.2, 0.25) is 0 Å². The maximum atomic E-state index is 12.2. The van der Waals surface area contributed by atoms with Crippen LogP contribution in [0.3, 0.4) is 0 Å². The van der Waals surface area contributed by atoms with Crippen molar-refractivity contribution in [3.05, 3.63) is 42.1 Å². The predicted molar refractivity (Wildman–Crippen MR) is 58.0 cm³/mol. The Kier molecular flexibility index (Phi) is 3.07. The van der Waals surface area contributed by atoms with Crippen LogP contribution >= 0.6 is 0 Å². The van der Waals surface area contributed by atoms with Crippen LogP contribution in [0.4, 0.5) is 18.9 Å². The highest BCUT2D eigenvalue weighted by atomic mass is 32.2. The van der Waals surface area contributed by atoms with Crippen molar-refractivity contribution in [1.29, 1.82) is 0 Å². The molecular weight excluding hydrogens is 271 g/mol. The Morgan fingerprint density at radius 1 is 1.22 bits per heavy atom. The van der Waals surface area contributed by atoms with Crippen LogP contribution in [0.25, 0.3) is 0 Å². The number of hydrogen-bond donors (Lipinski definition) is 1. The maximum Gasteiger partial charge on any atom is 0.523 e. The lowest BCUT2D eigenvalue weighted by Gasteiger charge is -2.21. The zero-order valence-corrected chi connectivity index (χ0v) is 9.62. The summed E-state index contributed by atoms with van der Waals surface area (Å²) < 4.78 is 62.7. The molecule has 1 N–H and O–H groups in total. The van der Waals surface area contributed by atoms with Crippen LogP contribution in [0.5, 0.6) is 0 Å². The van der Waals surface area contributed by atoms with Crippen LogP contribution in [0.15, 0.2) is 36.5 Å². The largest absolute Gasteiger partial charge is 0.523 e. The van der Waals surface area contributed by atoms with Crippen molar-refractivity contribution in [3.8, 4) is 0 Å². The van der Waals surface area contributed by atoms with E-state index in [0.29, 0.717) is 11.3 Å². The Hall–Kier alpha value is -1.54. The fourth-order valence-electron chi connectivity index (χ4n) is 1.48. The molecule has 1 aromatic rings. The van der Waals surface area contributed by atoms with E-state index in [1.54, 1.807) is 18.2 Å². The monoisotopic (exact) mass is 279 g/mol. The normalized spacial score (nSPS) is 19.2. The second kappa shape index (κ2) is 4.29. The first kappa shape index (κ1) is 12.9. The average Bonchev–Trinajstić information content (AvgIpc) is 2.27. The summed E-state index contributed by atoms with van der Waals surface area (Å²) >= 11 is 0. The van der Waals surface area contributed by atoms with Gasteiger partial charge in [-0.3, -0.25) is 4.18 Å². The molecule has 0 fully saturated rings. The van der Waals surface area contributed by atoms with Crippen molar-refractivity contribution in [1.82, 2.24) is 0 Å². The molecule has 0 amide bonds. The van der Waals surface area contributed by atoms with Crippen LogP contribution in [0.1, 0.15) is 11.7 Å². The fourth-order valence-corrected chi connectivity index (χ4v) is 2.03. The average molecular weight is 279 g/mol. The minimum atomic E-state index is -5.62. The molecule has 0 bridgehead atoms. The van der Waals surface area contributed by atoms with Crippen molar-refractivity contribution < 1.29 is 25.8 Å². The molecule has 0 radical (unpaired) electrons. The molecule has 98 valence electrons. The summed E-state index contributed by atoms with van der Waals surface area (Å²) in [6.07, 6.45) is 1.25. The van der Waals surface area contributed by atoms with Gasteiger partial charge in [0.25, 0.3) is 0 Å². The molecular formula is C10H8F3NO3S. The smallest absolute Gasteiger partial charge is 0.362 e. The van der Waals surface area contributed by atoms with Gasteiger partial charge in [-0.05, 0) is 18.3 Å². The summed E-state index contributed by atoms with van der Waals surface area (Å²) in [5.41, 5.74) is -4.60. The quantitative estimate of drug-likeness (QED) is 0.667. The van der Waals surface area contributed by atoms with Crippen molar-refractivity contribution in [2.24, 2.45) is 0 Å². The van der Waals surface area contributed by atoms with E-state index < -0.39 is 21.7 Å². The van der Waals surface area contributed by atoms with Gasteiger partial charge >= 0.3 is 15.6 Å².